The number of nitrogens with one attached hydrogen (secondary N) is 2. The highest BCUT2D eigenvalue weighted by Crippen LogP contribution is 2.25. The number of aromatic amines is 1. The van der Waals surface area contributed by atoms with E-state index in [1.54, 1.807) is 17.5 Å². The molecule has 19 heavy (non-hydrogen) atoms. The molecule has 0 bridgehead atoms. The summed E-state index contributed by atoms with van der Waals surface area (Å²) >= 11 is 1.77. The molecule has 0 saturated carbocycles. The molecule has 0 fully saturated rings. The van der Waals surface area contributed by atoms with Gasteiger partial charge in [0, 0.05) is 22.3 Å². The first kappa shape index (κ1) is 12.0. The zero-order valence-corrected chi connectivity index (χ0v) is 11.4. The minimum atomic E-state index is 0.317. The molecule has 4 heteroatoms. The van der Waals surface area contributed by atoms with Crippen molar-refractivity contribution >= 4 is 17.0 Å². The first-order valence-electron chi connectivity index (χ1n) is 6.23. The Balaban J connectivity index is 1.80. The Morgan fingerprint density at radius 1 is 1.21 bits per heavy atom. The van der Waals surface area contributed by atoms with Gasteiger partial charge in [-0.3, -0.25) is 5.10 Å². The quantitative estimate of drug-likeness (QED) is 0.741. The fourth-order valence-corrected chi connectivity index (χ4v) is 2.79. The van der Waals surface area contributed by atoms with Gasteiger partial charge in [-0.25, -0.2) is 0 Å². The second kappa shape index (κ2) is 5.28. The van der Waals surface area contributed by atoms with Crippen LogP contribution >= 0.6 is 11.3 Å². The third kappa shape index (κ3) is 2.69. The molecular formula is C15H15N3S. The van der Waals surface area contributed by atoms with Crippen LogP contribution in [0.1, 0.15) is 17.8 Å². The summed E-state index contributed by atoms with van der Waals surface area (Å²) in [5, 5.41) is 12.6. The lowest BCUT2D eigenvalue weighted by molar-refractivity contribution is 0.908. The number of hydrogen-bond donors (Lipinski definition) is 2. The highest BCUT2D eigenvalue weighted by Gasteiger charge is 2.07. The fourth-order valence-electron chi connectivity index (χ4n) is 2.05. The van der Waals surface area contributed by atoms with Gasteiger partial charge in [0.1, 0.15) is 0 Å². The second-order valence-electron chi connectivity index (χ2n) is 4.43. The van der Waals surface area contributed by atoms with E-state index in [1.165, 1.54) is 4.88 Å². The van der Waals surface area contributed by atoms with E-state index < -0.39 is 0 Å². The Bertz CT molecular complexity index is 629. The van der Waals surface area contributed by atoms with Crippen molar-refractivity contribution in [3.8, 4) is 11.3 Å². The third-order valence-corrected chi connectivity index (χ3v) is 4.08. The molecule has 3 rings (SSSR count). The maximum atomic E-state index is 3.99. The highest BCUT2D eigenvalue weighted by atomic mass is 32.1. The van der Waals surface area contributed by atoms with E-state index in [-0.39, 0.29) is 0 Å². The van der Waals surface area contributed by atoms with E-state index in [2.05, 4.69) is 64.2 Å². The van der Waals surface area contributed by atoms with E-state index in [4.69, 9.17) is 0 Å². The molecule has 2 aromatic heterocycles. The lowest BCUT2D eigenvalue weighted by atomic mass is 10.1. The van der Waals surface area contributed by atoms with E-state index in [9.17, 15) is 0 Å². The molecule has 0 aliphatic heterocycles. The van der Waals surface area contributed by atoms with Gasteiger partial charge in [-0.2, -0.15) is 5.10 Å². The lowest BCUT2D eigenvalue weighted by Crippen LogP contribution is -2.04. The van der Waals surface area contributed by atoms with Crippen molar-refractivity contribution in [2.45, 2.75) is 13.0 Å². The van der Waals surface area contributed by atoms with Crippen LogP contribution in [0.5, 0.6) is 0 Å². The summed E-state index contributed by atoms with van der Waals surface area (Å²) in [6.07, 6.45) is 1.77. The lowest BCUT2D eigenvalue weighted by Gasteiger charge is -2.14. The smallest absolute Gasteiger partial charge is 0.0650 e. The minimum absolute atomic E-state index is 0.317. The Hall–Kier alpha value is -2.07. The molecule has 3 aromatic rings. The number of anilines is 1. The van der Waals surface area contributed by atoms with E-state index in [1.807, 2.05) is 6.07 Å². The van der Waals surface area contributed by atoms with Gasteiger partial charge >= 0.3 is 0 Å². The predicted molar refractivity (Wildman–Crippen MR) is 80.4 cm³/mol. The normalized spacial score (nSPS) is 12.3. The van der Waals surface area contributed by atoms with Crippen molar-refractivity contribution in [1.29, 1.82) is 0 Å². The summed E-state index contributed by atoms with van der Waals surface area (Å²) in [5.74, 6) is 0. The standard InChI is InChI=1S/C15H15N3S/c1-11(15-6-3-9-19-15)17-13-5-2-4-12(10-13)14-7-8-16-18-14/h2-11,17H,1H3,(H,16,18). The Labute approximate surface area is 116 Å². The van der Waals surface area contributed by atoms with Gasteiger partial charge in [0.05, 0.1) is 11.7 Å². The van der Waals surface area contributed by atoms with Crippen LogP contribution in [0.2, 0.25) is 0 Å². The van der Waals surface area contributed by atoms with E-state index in [0.29, 0.717) is 6.04 Å². The highest BCUT2D eigenvalue weighted by molar-refractivity contribution is 7.10. The van der Waals surface area contributed by atoms with Gasteiger partial charge in [-0.1, -0.05) is 18.2 Å². The number of nitrogens with zero attached hydrogens (tertiary/aromatic N) is 1. The molecule has 3 nitrogen and oxygen atoms in total. The van der Waals surface area contributed by atoms with E-state index in [0.717, 1.165) is 16.9 Å². The first-order valence-corrected chi connectivity index (χ1v) is 7.10. The molecule has 0 saturated heterocycles. The van der Waals surface area contributed by atoms with Gasteiger partial charge in [-0.05, 0) is 36.6 Å². The van der Waals surface area contributed by atoms with Gasteiger partial charge in [0.2, 0.25) is 0 Å². The van der Waals surface area contributed by atoms with Crippen molar-refractivity contribution < 1.29 is 0 Å². The predicted octanol–water partition coefficient (Wildman–Crippen LogP) is 4.31. The van der Waals surface area contributed by atoms with Crippen LogP contribution in [0, 0.1) is 0 Å². The molecule has 0 radical (unpaired) electrons. The molecule has 2 heterocycles. The molecule has 1 unspecified atom stereocenters. The van der Waals surface area contributed by atoms with Crippen LogP contribution < -0.4 is 5.32 Å². The largest absolute Gasteiger partial charge is 0.378 e. The number of H-pyrrole nitrogens is 1. The summed E-state index contributed by atoms with van der Waals surface area (Å²) in [6, 6.07) is 14.9. The average molecular weight is 269 g/mol. The summed E-state index contributed by atoms with van der Waals surface area (Å²) < 4.78 is 0. The van der Waals surface area contributed by atoms with Crippen molar-refractivity contribution in [3.05, 3.63) is 58.9 Å². The molecule has 2 N–H and O–H groups in total. The Morgan fingerprint density at radius 3 is 2.89 bits per heavy atom. The van der Waals surface area contributed by atoms with Crippen LogP contribution in [-0.2, 0) is 0 Å². The van der Waals surface area contributed by atoms with Crippen LogP contribution in [0.15, 0.2) is 54.0 Å². The molecular weight excluding hydrogens is 254 g/mol. The second-order valence-corrected chi connectivity index (χ2v) is 5.41. The number of hydrogen-bond acceptors (Lipinski definition) is 3. The van der Waals surface area contributed by atoms with Gasteiger partial charge in [0.15, 0.2) is 0 Å². The molecule has 0 aliphatic carbocycles. The number of rotatable bonds is 4. The SMILES string of the molecule is CC(Nc1cccc(-c2ccn[nH]2)c1)c1cccs1. The summed E-state index contributed by atoms with van der Waals surface area (Å²) in [4.78, 5) is 1.34. The number of benzene rings is 1. The van der Waals surface area contributed by atoms with Crippen molar-refractivity contribution in [2.75, 3.05) is 5.32 Å². The van der Waals surface area contributed by atoms with Crippen LogP contribution in [0.25, 0.3) is 11.3 Å². The Morgan fingerprint density at radius 2 is 2.16 bits per heavy atom. The van der Waals surface area contributed by atoms with E-state index >= 15 is 0 Å². The Kier molecular flexibility index (Phi) is 3.33. The third-order valence-electron chi connectivity index (χ3n) is 3.03. The average Bonchev–Trinajstić information content (AvgIpc) is 3.13. The van der Waals surface area contributed by atoms with Crippen molar-refractivity contribution in [1.82, 2.24) is 10.2 Å². The van der Waals surface area contributed by atoms with Crippen LogP contribution in [0.4, 0.5) is 5.69 Å². The summed E-state index contributed by atoms with van der Waals surface area (Å²) in [5.41, 5.74) is 3.29. The summed E-state index contributed by atoms with van der Waals surface area (Å²) in [7, 11) is 0. The molecule has 0 spiro atoms. The first-order chi connectivity index (χ1) is 9.33. The van der Waals surface area contributed by atoms with Gasteiger partial charge in [0.25, 0.3) is 0 Å². The van der Waals surface area contributed by atoms with Gasteiger partial charge < -0.3 is 5.32 Å². The van der Waals surface area contributed by atoms with Crippen LogP contribution in [0.3, 0.4) is 0 Å². The maximum Gasteiger partial charge on any atom is 0.0650 e. The van der Waals surface area contributed by atoms with Gasteiger partial charge in [-0.15, -0.1) is 11.3 Å². The number of thiophene rings is 1. The van der Waals surface area contributed by atoms with Crippen molar-refractivity contribution in [3.63, 3.8) is 0 Å². The maximum absolute atomic E-state index is 3.99. The molecule has 0 amide bonds. The topological polar surface area (TPSA) is 40.7 Å². The van der Waals surface area contributed by atoms with Crippen LogP contribution in [-0.4, -0.2) is 10.2 Å². The summed E-state index contributed by atoms with van der Waals surface area (Å²) in [6.45, 7) is 2.18. The fraction of sp³-hybridized carbons (Fsp3) is 0.133. The zero-order chi connectivity index (χ0) is 13.1. The molecule has 96 valence electrons. The molecule has 1 atom stereocenters. The molecule has 1 aromatic carbocycles. The van der Waals surface area contributed by atoms with Crippen molar-refractivity contribution in [2.24, 2.45) is 0 Å². The molecule has 0 aliphatic rings. The zero-order valence-electron chi connectivity index (χ0n) is 10.6. The monoisotopic (exact) mass is 269 g/mol. The minimum Gasteiger partial charge on any atom is -0.378 e. The number of aromatic nitrogens is 2.